The van der Waals surface area contributed by atoms with E-state index in [1.54, 1.807) is 0 Å². The van der Waals surface area contributed by atoms with Crippen LogP contribution in [0.4, 0.5) is 5.69 Å². The maximum Gasteiger partial charge on any atom is 0.239 e. The van der Waals surface area contributed by atoms with Crippen LogP contribution in [0.3, 0.4) is 0 Å². The van der Waals surface area contributed by atoms with E-state index in [9.17, 15) is 4.79 Å². The van der Waals surface area contributed by atoms with Gasteiger partial charge in [0.15, 0.2) is 0 Å². The van der Waals surface area contributed by atoms with Crippen molar-refractivity contribution >= 4 is 11.6 Å². The number of nitrogens with one attached hydrogen (secondary N) is 2. The van der Waals surface area contributed by atoms with Crippen LogP contribution in [0.5, 0.6) is 5.75 Å². The molecule has 0 aliphatic rings. The lowest BCUT2D eigenvalue weighted by Crippen LogP contribution is -2.29. The minimum Gasteiger partial charge on any atom is -0.494 e. The van der Waals surface area contributed by atoms with Crippen LogP contribution >= 0.6 is 0 Å². The lowest BCUT2D eigenvalue weighted by atomic mass is 10.1. The van der Waals surface area contributed by atoms with Gasteiger partial charge in [0.2, 0.25) is 5.91 Å². The third-order valence-corrected chi connectivity index (χ3v) is 3.19. The number of carbonyl (C=O) groups excluding carboxylic acids is 1. The summed E-state index contributed by atoms with van der Waals surface area (Å²) >= 11 is 0. The third-order valence-electron chi connectivity index (χ3n) is 3.19. The second-order valence-electron chi connectivity index (χ2n) is 5.08. The van der Waals surface area contributed by atoms with E-state index in [0.717, 1.165) is 17.0 Å². The molecule has 0 saturated carbocycles. The Morgan fingerprint density at radius 2 is 1.91 bits per heavy atom. The molecule has 0 heterocycles. The van der Waals surface area contributed by atoms with Crippen molar-refractivity contribution in [3.8, 4) is 5.75 Å². The standard InChI is InChI=1S/C18H22N2O2/c1-3-22-17-9-7-16(8-10-17)19-13-18(21)20-12-15-6-4-5-14(2)11-15/h4-11,19H,3,12-13H2,1-2H3,(H,20,21). The first kappa shape index (κ1) is 15.9. The maximum atomic E-state index is 11.8. The van der Waals surface area contributed by atoms with Crippen molar-refractivity contribution in [1.82, 2.24) is 5.32 Å². The van der Waals surface area contributed by atoms with E-state index in [-0.39, 0.29) is 12.5 Å². The summed E-state index contributed by atoms with van der Waals surface area (Å²) in [5, 5.41) is 6.00. The summed E-state index contributed by atoms with van der Waals surface area (Å²) in [5.74, 6) is 0.798. The molecule has 2 aromatic carbocycles. The summed E-state index contributed by atoms with van der Waals surface area (Å²) in [6.07, 6.45) is 0. The van der Waals surface area contributed by atoms with Gasteiger partial charge in [-0.1, -0.05) is 29.8 Å². The fourth-order valence-electron chi connectivity index (χ4n) is 2.10. The molecule has 4 nitrogen and oxygen atoms in total. The van der Waals surface area contributed by atoms with Gasteiger partial charge in [0.25, 0.3) is 0 Å². The Balaban J connectivity index is 1.75. The minimum atomic E-state index is -0.0320. The molecule has 0 unspecified atom stereocenters. The number of benzene rings is 2. The summed E-state index contributed by atoms with van der Waals surface area (Å²) < 4.78 is 5.38. The Bertz CT molecular complexity index is 609. The predicted octanol–water partition coefficient (Wildman–Crippen LogP) is 3.12. The van der Waals surface area contributed by atoms with Gasteiger partial charge in [-0.25, -0.2) is 0 Å². The van der Waals surface area contributed by atoms with E-state index in [1.807, 2.05) is 56.3 Å². The van der Waals surface area contributed by atoms with Crippen molar-refractivity contribution in [1.29, 1.82) is 0 Å². The molecule has 0 fully saturated rings. The van der Waals surface area contributed by atoms with Gasteiger partial charge in [-0.05, 0) is 43.7 Å². The summed E-state index contributed by atoms with van der Waals surface area (Å²) in [5.41, 5.74) is 3.20. The lowest BCUT2D eigenvalue weighted by molar-refractivity contribution is -0.119. The van der Waals surface area contributed by atoms with E-state index in [1.165, 1.54) is 5.56 Å². The van der Waals surface area contributed by atoms with Gasteiger partial charge in [0, 0.05) is 12.2 Å². The first-order valence-electron chi connectivity index (χ1n) is 7.46. The second kappa shape index (κ2) is 8.08. The van der Waals surface area contributed by atoms with E-state index >= 15 is 0 Å². The topological polar surface area (TPSA) is 50.4 Å². The molecule has 116 valence electrons. The largest absolute Gasteiger partial charge is 0.494 e. The Labute approximate surface area is 131 Å². The van der Waals surface area contributed by atoms with Crippen molar-refractivity contribution in [2.24, 2.45) is 0 Å². The van der Waals surface area contributed by atoms with Gasteiger partial charge >= 0.3 is 0 Å². The molecular weight excluding hydrogens is 276 g/mol. The predicted molar refractivity (Wildman–Crippen MR) is 89.1 cm³/mol. The number of anilines is 1. The van der Waals surface area contributed by atoms with Crippen molar-refractivity contribution in [2.75, 3.05) is 18.5 Å². The number of aryl methyl sites for hydroxylation is 1. The highest BCUT2D eigenvalue weighted by Crippen LogP contribution is 2.15. The van der Waals surface area contributed by atoms with Gasteiger partial charge in [-0.2, -0.15) is 0 Å². The number of rotatable bonds is 7. The fraction of sp³-hybridized carbons (Fsp3) is 0.278. The van der Waals surface area contributed by atoms with Crippen LogP contribution in [0.25, 0.3) is 0 Å². The summed E-state index contributed by atoms with van der Waals surface area (Å²) in [4.78, 5) is 11.8. The molecule has 0 bridgehead atoms. The lowest BCUT2D eigenvalue weighted by Gasteiger charge is -2.09. The normalized spacial score (nSPS) is 10.1. The highest BCUT2D eigenvalue weighted by molar-refractivity contribution is 5.80. The number of hydrogen-bond donors (Lipinski definition) is 2. The third kappa shape index (κ3) is 5.13. The molecule has 0 saturated heterocycles. The van der Waals surface area contributed by atoms with Crippen molar-refractivity contribution in [2.45, 2.75) is 20.4 Å². The molecule has 22 heavy (non-hydrogen) atoms. The molecule has 0 aliphatic heterocycles. The van der Waals surface area contributed by atoms with Crippen LogP contribution < -0.4 is 15.4 Å². The molecule has 4 heteroatoms. The smallest absolute Gasteiger partial charge is 0.239 e. The zero-order chi connectivity index (χ0) is 15.8. The molecule has 0 atom stereocenters. The van der Waals surface area contributed by atoms with Gasteiger partial charge in [-0.3, -0.25) is 4.79 Å². The second-order valence-corrected chi connectivity index (χ2v) is 5.08. The van der Waals surface area contributed by atoms with Crippen LogP contribution in [0, 0.1) is 6.92 Å². The minimum absolute atomic E-state index is 0.0320. The molecule has 2 rings (SSSR count). The van der Waals surface area contributed by atoms with Crippen LogP contribution in [-0.4, -0.2) is 19.1 Å². The zero-order valence-corrected chi connectivity index (χ0v) is 13.1. The number of hydrogen-bond acceptors (Lipinski definition) is 3. The highest BCUT2D eigenvalue weighted by atomic mass is 16.5. The Morgan fingerprint density at radius 3 is 2.59 bits per heavy atom. The molecular formula is C18H22N2O2. The average molecular weight is 298 g/mol. The van der Waals surface area contributed by atoms with Crippen LogP contribution in [0.2, 0.25) is 0 Å². The van der Waals surface area contributed by atoms with Crippen LogP contribution in [-0.2, 0) is 11.3 Å². The molecule has 0 radical (unpaired) electrons. The SMILES string of the molecule is CCOc1ccc(NCC(=O)NCc2cccc(C)c2)cc1. The zero-order valence-electron chi connectivity index (χ0n) is 13.1. The van der Waals surface area contributed by atoms with Crippen molar-refractivity contribution in [3.63, 3.8) is 0 Å². The van der Waals surface area contributed by atoms with Gasteiger partial charge in [0.05, 0.1) is 13.2 Å². The van der Waals surface area contributed by atoms with Gasteiger partial charge in [-0.15, -0.1) is 0 Å². The Morgan fingerprint density at radius 1 is 1.14 bits per heavy atom. The van der Waals surface area contributed by atoms with Crippen LogP contribution in [0.15, 0.2) is 48.5 Å². The summed E-state index contributed by atoms with van der Waals surface area (Å²) in [7, 11) is 0. The quantitative estimate of drug-likeness (QED) is 0.825. The van der Waals surface area contributed by atoms with Gasteiger partial charge in [0.1, 0.15) is 5.75 Å². The van der Waals surface area contributed by atoms with E-state index in [0.29, 0.717) is 13.2 Å². The van der Waals surface area contributed by atoms with E-state index in [4.69, 9.17) is 4.74 Å². The Hall–Kier alpha value is -2.49. The molecule has 0 aromatic heterocycles. The van der Waals surface area contributed by atoms with Crippen LogP contribution in [0.1, 0.15) is 18.1 Å². The maximum absolute atomic E-state index is 11.8. The monoisotopic (exact) mass is 298 g/mol. The number of carbonyl (C=O) groups is 1. The van der Waals surface area contributed by atoms with E-state index < -0.39 is 0 Å². The van der Waals surface area contributed by atoms with Gasteiger partial charge < -0.3 is 15.4 Å². The molecule has 0 aliphatic carbocycles. The van der Waals surface area contributed by atoms with Crippen molar-refractivity contribution < 1.29 is 9.53 Å². The highest BCUT2D eigenvalue weighted by Gasteiger charge is 2.02. The summed E-state index contributed by atoms with van der Waals surface area (Å²) in [6, 6.07) is 15.7. The first-order chi connectivity index (χ1) is 10.7. The first-order valence-corrected chi connectivity index (χ1v) is 7.46. The fourth-order valence-corrected chi connectivity index (χ4v) is 2.10. The summed E-state index contributed by atoms with van der Waals surface area (Å²) in [6.45, 7) is 5.43. The van der Waals surface area contributed by atoms with Crippen molar-refractivity contribution in [3.05, 3.63) is 59.7 Å². The number of ether oxygens (including phenoxy) is 1. The molecule has 0 spiro atoms. The molecule has 2 N–H and O–H groups in total. The molecule has 1 amide bonds. The average Bonchev–Trinajstić information content (AvgIpc) is 2.53. The molecule has 2 aromatic rings. The number of amides is 1. The Kier molecular flexibility index (Phi) is 5.83. The van der Waals surface area contributed by atoms with E-state index in [2.05, 4.69) is 16.7 Å².